The van der Waals surface area contributed by atoms with E-state index in [1.165, 1.54) is 193 Å². The molecule has 3 heterocycles. The highest BCUT2D eigenvalue weighted by molar-refractivity contribution is 5.76. The van der Waals surface area contributed by atoms with Crippen LogP contribution in [0, 0.1) is 0 Å². The van der Waals surface area contributed by atoms with Crippen molar-refractivity contribution in [2.24, 2.45) is 0 Å². The smallest absolute Gasteiger partial charge is 0.220 e. The number of ether oxygens (including phenoxy) is 6. The Bertz CT molecular complexity index is 1660. The monoisotopic (exact) mass is 1230 g/mol. The van der Waals surface area contributed by atoms with Crippen LogP contribution >= 0.6 is 0 Å². The molecule has 3 saturated heterocycles. The molecular formula is C67H125NO18. The van der Waals surface area contributed by atoms with E-state index in [2.05, 4.69) is 31.3 Å². The normalized spacial score (nSPS) is 28.9. The predicted molar refractivity (Wildman–Crippen MR) is 333 cm³/mol. The Hall–Kier alpha value is -1.73. The SMILES string of the molecule is CCCCCCCCCCCCCCCCCC/C=C/CC/C=C/C(O)C(COC1OC(CO)C(OC2OC(CO)C(OC3OC(CO)C(O)C(O)C3O)C(O)C2O)C(O)C1O)NC(=O)CCCCCCCCCCCCCCCCCCCCC. The van der Waals surface area contributed by atoms with E-state index < -0.39 is 124 Å². The van der Waals surface area contributed by atoms with E-state index in [0.717, 1.165) is 38.5 Å². The molecule has 19 heteroatoms. The van der Waals surface area contributed by atoms with E-state index in [9.17, 15) is 61.0 Å². The maximum absolute atomic E-state index is 13.4. The number of rotatable bonds is 53. The van der Waals surface area contributed by atoms with Crippen molar-refractivity contribution < 1.29 is 89.4 Å². The van der Waals surface area contributed by atoms with Crippen molar-refractivity contribution in [2.75, 3.05) is 26.4 Å². The van der Waals surface area contributed by atoms with Gasteiger partial charge in [-0.2, -0.15) is 0 Å². The number of amides is 1. The zero-order chi connectivity index (χ0) is 62.6. The maximum atomic E-state index is 13.4. The first-order chi connectivity index (χ1) is 41.8. The van der Waals surface area contributed by atoms with Gasteiger partial charge in [-0.15, -0.1) is 0 Å². The Morgan fingerprint density at radius 1 is 0.407 bits per heavy atom. The van der Waals surface area contributed by atoms with Crippen LogP contribution in [0.3, 0.4) is 0 Å². The fourth-order valence-corrected chi connectivity index (χ4v) is 11.9. The molecule has 3 rings (SSSR count). The largest absolute Gasteiger partial charge is 0.394 e. The molecule has 17 atom stereocenters. The van der Waals surface area contributed by atoms with Gasteiger partial charge in [-0.3, -0.25) is 4.79 Å². The van der Waals surface area contributed by atoms with E-state index in [1.54, 1.807) is 6.08 Å². The van der Waals surface area contributed by atoms with Gasteiger partial charge in [-0.25, -0.2) is 0 Å². The molecule has 0 aromatic carbocycles. The lowest BCUT2D eigenvalue weighted by Crippen LogP contribution is -2.66. The van der Waals surface area contributed by atoms with E-state index in [0.29, 0.717) is 12.8 Å². The number of carbonyl (C=O) groups excluding carboxylic acids is 1. The summed E-state index contributed by atoms with van der Waals surface area (Å²) in [7, 11) is 0. The highest BCUT2D eigenvalue weighted by Gasteiger charge is 2.53. The molecule has 1 amide bonds. The number of unbranched alkanes of at least 4 members (excludes halogenated alkanes) is 35. The van der Waals surface area contributed by atoms with Crippen molar-refractivity contribution in [1.82, 2.24) is 5.32 Å². The van der Waals surface area contributed by atoms with E-state index >= 15 is 0 Å². The first-order valence-corrected chi connectivity index (χ1v) is 34.6. The summed E-state index contributed by atoms with van der Waals surface area (Å²) in [5.74, 6) is -0.280. The standard InChI is InChI=1S/C67H125NO18/c1-3-5-7-9-11-13-15-17-19-21-23-24-25-27-28-30-32-34-36-38-40-42-44-51(72)50(68-55(73)45-43-41-39-37-35-33-31-29-26-22-20-18-16-14-12-10-8-6-4-2)49-81-65-61(79)58(76)63(53(47-70)83-65)86-67-62(80)59(77)64(54(48-71)84-67)85-66-60(78)57(75)56(74)52(46-69)82-66/h34,36,42,44,50-54,56-67,69-72,74-80H,3-33,35,37-41,43,45-49H2,1-2H3,(H,68,73)/b36-34+,44-42+. The average Bonchev–Trinajstić information content (AvgIpc) is 2.37. The summed E-state index contributed by atoms with van der Waals surface area (Å²) in [5, 5.41) is 120. The van der Waals surface area contributed by atoms with Crippen LogP contribution < -0.4 is 5.32 Å². The lowest BCUT2D eigenvalue weighted by atomic mass is 9.96. The molecule has 0 radical (unpaired) electrons. The second-order valence-corrected chi connectivity index (χ2v) is 25.0. The third kappa shape index (κ3) is 32.0. The minimum atomic E-state index is -1.98. The number of hydrogen-bond acceptors (Lipinski definition) is 18. The summed E-state index contributed by atoms with van der Waals surface area (Å²) in [6, 6.07) is -0.986. The fourth-order valence-electron chi connectivity index (χ4n) is 11.9. The number of hydrogen-bond donors (Lipinski definition) is 12. The van der Waals surface area contributed by atoms with E-state index in [-0.39, 0.29) is 18.9 Å². The van der Waals surface area contributed by atoms with Crippen molar-refractivity contribution in [3.63, 3.8) is 0 Å². The molecule has 3 aliphatic rings. The number of aliphatic hydroxyl groups excluding tert-OH is 11. The third-order valence-electron chi connectivity index (χ3n) is 17.5. The van der Waals surface area contributed by atoms with Crippen LogP contribution in [-0.2, 0) is 33.2 Å². The van der Waals surface area contributed by atoms with Gasteiger partial charge in [0.15, 0.2) is 18.9 Å². The summed E-state index contributed by atoms with van der Waals surface area (Å²) in [6.45, 7) is 1.75. The molecule has 0 saturated carbocycles. The predicted octanol–water partition coefficient (Wildman–Crippen LogP) is 8.66. The van der Waals surface area contributed by atoms with Crippen molar-refractivity contribution >= 4 is 5.91 Å². The van der Waals surface area contributed by atoms with Crippen LogP contribution in [0.15, 0.2) is 24.3 Å². The minimum absolute atomic E-state index is 0.240. The zero-order valence-electron chi connectivity index (χ0n) is 53.3. The first-order valence-electron chi connectivity index (χ1n) is 34.6. The summed E-state index contributed by atoms with van der Waals surface area (Å²) >= 11 is 0. The first kappa shape index (κ1) is 78.5. The van der Waals surface area contributed by atoms with Crippen LogP contribution in [0.2, 0.25) is 0 Å². The molecule has 0 spiro atoms. The molecule has 0 aliphatic carbocycles. The van der Waals surface area contributed by atoms with Gasteiger partial charge in [-0.05, 0) is 32.1 Å². The Labute approximate surface area is 518 Å². The molecule has 3 aliphatic heterocycles. The van der Waals surface area contributed by atoms with Crippen LogP contribution in [0.25, 0.3) is 0 Å². The fraction of sp³-hybridized carbons (Fsp3) is 0.925. The maximum Gasteiger partial charge on any atom is 0.220 e. The van der Waals surface area contributed by atoms with Crippen LogP contribution in [0.4, 0.5) is 0 Å². The molecular weight excluding hydrogens is 1110 g/mol. The summed E-state index contributed by atoms with van der Waals surface area (Å²) in [4.78, 5) is 13.4. The molecule has 19 nitrogen and oxygen atoms in total. The van der Waals surface area contributed by atoms with Crippen molar-refractivity contribution in [3.8, 4) is 0 Å². The number of allylic oxidation sites excluding steroid dienone is 3. The zero-order valence-corrected chi connectivity index (χ0v) is 53.3. The molecule has 0 bridgehead atoms. The van der Waals surface area contributed by atoms with Gasteiger partial charge < -0.3 is 89.9 Å². The Balaban J connectivity index is 1.46. The summed E-state index contributed by atoms with van der Waals surface area (Å²) < 4.78 is 34.3. The summed E-state index contributed by atoms with van der Waals surface area (Å²) in [6.07, 6.45) is 28.7. The second-order valence-electron chi connectivity index (χ2n) is 25.0. The second kappa shape index (κ2) is 49.9. The quantitative estimate of drug-likeness (QED) is 0.0200. The van der Waals surface area contributed by atoms with Crippen molar-refractivity contribution in [3.05, 3.63) is 24.3 Å². The molecule has 0 aromatic heterocycles. The van der Waals surface area contributed by atoms with Crippen LogP contribution in [-0.4, -0.2) is 193 Å². The molecule has 506 valence electrons. The minimum Gasteiger partial charge on any atom is -0.394 e. The Kier molecular flexibility index (Phi) is 45.6. The number of aliphatic hydroxyl groups is 11. The van der Waals surface area contributed by atoms with Gasteiger partial charge in [0, 0.05) is 6.42 Å². The van der Waals surface area contributed by atoms with Crippen LogP contribution in [0.5, 0.6) is 0 Å². The van der Waals surface area contributed by atoms with E-state index in [4.69, 9.17) is 28.4 Å². The number of carbonyl (C=O) groups is 1. The van der Waals surface area contributed by atoms with Gasteiger partial charge >= 0.3 is 0 Å². The van der Waals surface area contributed by atoms with Gasteiger partial charge in [0.05, 0.1) is 38.6 Å². The Morgan fingerprint density at radius 2 is 0.744 bits per heavy atom. The van der Waals surface area contributed by atoms with E-state index in [1.807, 2.05) is 6.08 Å². The van der Waals surface area contributed by atoms with Crippen molar-refractivity contribution in [1.29, 1.82) is 0 Å². The molecule has 3 fully saturated rings. The highest BCUT2D eigenvalue weighted by Crippen LogP contribution is 2.33. The van der Waals surface area contributed by atoms with Gasteiger partial charge in [-0.1, -0.05) is 250 Å². The lowest BCUT2D eigenvalue weighted by molar-refractivity contribution is -0.379. The summed E-state index contributed by atoms with van der Waals surface area (Å²) in [5.41, 5.74) is 0. The molecule has 12 N–H and O–H groups in total. The Morgan fingerprint density at radius 3 is 1.16 bits per heavy atom. The van der Waals surface area contributed by atoms with Gasteiger partial charge in [0.1, 0.15) is 73.2 Å². The average molecular weight is 1230 g/mol. The third-order valence-corrected chi connectivity index (χ3v) is 17.5. The van der Waals surface area contributed by atoms with Gasteiger partial charge in [0.25, 0.3) is 0 Å². The lowest BCUT2D eigenvalue weighted by Gasteiger charge is -2.48. The van der Waals surface area contributed by atoms with Crippen molar-refractivity contribution in [2.45, 2.75) is 369 Å². The topological polar surface area (TPSA) is 307 Å². The molecule has 0 aromatic rings. The van der Waals surface area contributed by atoms with Gasteiger partial charge in [0.2, 0.25) is 5.91 Å². The molecule has 17 unspecified atom stereocenters. The number of nitrogens with one attached hydrogen (secondary N) is 1. The van der Waals surface area contributed by atoms with Crippen LogP contribution in [0.1, 0.15) is 264 Å². The highest BCUT2D eigenvalue weighted by atomic mass is 16.8. The molecule has 86 heavy (non-hydrogen) atoms.